The molecule has 0 aromatic rings. The third-order valence-corrected chi connectivity index (χ3v) is 4.76. The maximum absolute atomic E-state index is 11.6. The van der Waals surface area contributed by atoms with Crippen molar-refractivity contribution in [2.45, 2.75) is 103 Å². The predicted octanol–water partition coefficient (Wildman–Crippen LogP) is 3.22. The Labute approximate surface area is 171 Å². The smallest absolute Gasteiger partial charge is 0.239 e. The molecule has 0 fully saturated rings. The van der Waals surface area contributed by atoms with Crippen LogP contribution in [-0.4, -0.2) is 47.3 Å². The molecule has 0 heterocycles. The van der Waals surface area contributed by atoms with Gasteiger partial charge in [-0.15, -0.1) is 0 Å². The van der Waals surface area contributed by atoms with Gasteiger partial charge in [0.05, 0.1) is 25.3 Å². The standard InChI is InChI=1S/C22H42N2O4/c1-3-4-5-6-7-8-9-10-11-12-13-14-15-16-21(27)20(18-25)24-22(28)17-23-19(2)26/h15-16,20-21,25,27H,3-14,17-18H2,1-2H3,(H,23,26)(H,24,28). The van der Waals surface area contributed by atoms with E-state index in [0.29, 0.717) is 0 Å². The van der Waals surface area contributed by atoms with Crippen molar-refractivity contribution in [2.75, 3.05) is 13.2 Å². The lowest BCUT2D eigenvalue weighted by atomic mass is 10.0. The Morgan fingerprint density at radius 3 is 1.96 bits per heavy atom. The van der Waals surface area contributed by atoms with Crippen molar-refractivity contribution in [3.05, 3.63) is 12.2 Å². The minimum atomic E-state index is -0.945. The van der Waals surface area contributed by atoms with Crippen LogP contribution in [0.1, 0.15) is 90.9 Å². The van der Waals surface area contributed by atoms with E-state index in [1.54, 1.807) is 6.08 Å². The van der Waals surface area contributed by atoms with Crippen LogP contribution >= 0.6 is 0 Å². The van der Waals surface area contributed by atoms with E-state index in [-0.39, 0.29) is 19.1 Å². The van der Waals surface area contributed by atoms with Gasteiger partial charge in [-0.3, -0.25) is 9.59 Å². The lowest BCUT2D eigenvalue weighted by Crippen LogP contribution is -2.48. The molecule has 0 aliphatic carbocycles. The molecule has 2 atom stereocenters. The van der Waals surface area contributed by atoms with E-state index in [0.717, 1.165) is 12.8 Å². The molecule has 6 heteroatoms. The highest BCUT2D eigenvalue weighted by atomic mass is 16.3. The average Bonchev–Trinajstić information content (AvgIpc) is 2.67. The van der Waals surface area contributed by atoms with Crippen LogP contribution in [0.2, 0.25) is 0 Å². The third kappa shape index (κ3) is 16.8. The van der Waals surface area contributed by atoms with Gasteiger partial charge >= 0.3 is 0 Å². The summed E-state index contributed by atoms with van der Waals surface area (Å²) >= 11 is 0. The molecule has 28 heavy (non-hydrogen) atoms. The summed E-state index contributed by atoms with van der Waals surface area (Å²) in [6.45, 7) is 3.04. The van der Waals surface area contributed by atoms with Gasteiger partial charge in [-0.25, -0.2) is 0 Å². The van der Waals surface area contributed by atoms with E-state index in [9.17, 15) is 19.8 Å². The molecule has 6 nitrogen and oxygen atoms in total. The summed E-state index contributed by atoms with van der Waals surface area (Å²) in [5.41, 5.74) is 0. The van der Waals surface area contributed by atoms with Crippen molar-refractivity contribution >= 4 is 11.8 Å². The highest BCUT2D eigenvalue weighted by molar-refractivity contribution is 5.83. The minimum Gasteiger partial charge on any atom is -0.394 e. The van der Waals surface area contributed by atoms with Gasteiger partial charge in [-0.05, 0) is 12.8 Å². The van der Waals surface area contributed by atoms with E-state index in [1.165, 1.54) is 71.1 Å². The molecule has 0 spiro atoms. The van der Waals surface area contributed by atoms with Crippen LogP contribution in [0.25, 0.3) is 0 Å². The molecule has 0 radical (unpaired) electrons. The van der Waals surface area contributed by atoms with Crippen molar-refractivity contribution in [1.29, 1.82) is 0 Å². The van der Waals surface area contributed by atoms with Gasteiger partial charge in [-0.2, -0.15) is 0 Å². The van der Waals surface area contributed by atoms with Crippen LogP contribution in [-0.2, 0) is 9.59 Å². The quantitative estimate of drug-likeness (QED) is 0.210. The second kappa shape index (κ2) is 18.9. The summed E-state index contributed by atoms with van der Waals surface area (Å²) < 4.78 is 0. The zero-order valence-electron chi connectivity index (χ0n) is 17.9. The molecule has 0 bridgehead atoms. The van der Waals surface area contributed by atoms with Crippen LogP contribution in [0.5, 0.6) is 0 Å². The maximum Gasteiger partial charge on any atom is 0.239 e. The fraction of sp³-hybridized carbons (Fsp3) is 0.818. The molecule has 0 saturated carbocycles. The van der Waals surface area contributed by atoms with Crippen molar-refractivity contribution in [1.82, 2.24) is 10.6 Å². The summed E-state index contributed by atoms with van der Waals surface area (Å²) in [6, 6.07) is -0.769. The summed E-state index contributed by atoms with van der Waals surface area (Å²) in [7, 11) is 0. The maximum atomic E-state index is 11.6. The first-order valence-corrected chi connectivity index (χ1v) is 11.0. The molecular weight excluding hydrogens is 356 g/mol. The van der Waals surface area contributed by atoms with Crippen molar-refractivity contribution in [2.24, 2.45) is 0 Å². The number of carbonyl (C=O) groups excluding carboxylic acids is 2. The number of unbranched alkanes of at least 4 members (excludes halogenated alkanes) is 11. The molecule has 0 aliphatic heterocycles. The zero-order chi connectivity index (χ0) is 21.0. The molecule has 164 valence electrons. The van der Waals surface area contributed by atoms with Crippen LogP contribution in [0.15, 0.2) is 12.2 Å². The fourth-order valence-electron chi connectivity index (χ4n) is 3.00. The number of aliphatic hydroxyl groups excluding tert-OH is 2. The van der Waals surface area contributed by atoms with Crippen molar-refractivity contribution in [3.8, 4) is 0 Å². The Morgan fingerprint density at radius 1 is 0.929 bits per heavy atom. The largest absolute Gasteiger partial charge is 0.394 e. The normalized spacial score (nSPS) is 13.4. The number of nitrogens with one attached hydrogen (secondary N) is 2. The highest BCUT2D eigenvalue weighted by Crippen LogP contribution is 2.12. The van der Waals surface area contributed by atoms with E-state index in [4.69, 9.17) is 0 Å². The van der Waals surface area contributed by atoms with Gasteiger partial charge in [0.2, 0.25) is 11.8 Å². The molecule has 0 saturated heterocycles. The number of amides is 2. The van der Waals surface area contributed by atoms with E-state index >= 15 is 0 Å². The SMILES string of the molecule is CCCCCCCCCCCCCC=CC(O)C(CO)NC(=O)CNC(C)=O. The van der Waals surface area contributed by atoms with Crippen LogP contribution < -0.4 is 10.6 Å². The summed E-state index contributed by atoms with van der Waals surface area (Å²) in [6.07, 6.45) is 17.8. The van der Waals surface area contributed by atoms with Gasteiger partial charge in [-0.1, -0.05) is 83.3 Å². The molecule has 0 aliphatic rings. The summed E-state index contributed by atoms with van der Waals surface area (Å²) in [5.74, 6) is -0.741. The Kier molecular flexibility index (Phi) is 18.0. The molecule has 4 N–H and O–H groups in total. The summed E-state index contributed by atoms with van der Waals surface area (Å²) in [5, 5.41) is 24.3. The number of hydrogen-bond acceptors (Lipinski definition) is 4. The lowest BCUT2D eigenvalue weighted by Gasteiger charge is -2.19. The fourth-order valence-corrected chi connectivity index (χ4v) is 3.00. The number of aliphatic hydroxyl groups is 2. The van der Waals surface area contributed by atoms with Gasteiger partial charge in [0.1, 0.15) is 0 Å². The van der Waals surface area contributed by atoms with Crippen LogP contribution in [0.4, 0.5) is 0 Å². The first-order chi connectivity index (χ1) is 13.5. The van der Waals surface area contributed by atoms with E-state index < -0.39 is 18.1 Å². The van der Waals surface area contributed by atoms with E-state index in [1.807, 2.05) is 6.08 Å². The average molecular weight is 399 g/mol. The third-order valence-electron chi connectivity index (χ3n) is 4.76. The molecule has 2 amide bonds. The van der Waals surface area contributed by atoms with Crippen LogP contribution in [0, 0.1) is 0 Å². The number of rotatable bonds is 18. The topological polar surface area (TPSA) is 98.7 Å². The first-order valence-electron chi connectivity index (χ1n) is 11.0. The van der Waals surface area contributed by atoms with Gasteiger partial charge < -0.3 is 20.8 Å². The summed E-state index contributed by atoms with van der Waals surface area (Å²) in [4.78, 5) is 22.4. The van der Waals surface area contributed by atoms with Crippen LogP contribution in [0.3, 0.4) is 0 Å². The van der Waals surface area contributed by atoms with Crippen molar-refractivity contribution in [3.63, 3.8) is 0 Å². The Hall–Kier alpha value is -1.40. The number of hydrogen-bond donors (Lipinski definition) is 4. The predicted molar refractivity (Wildman–Crippen MR) is 114 cm³/mol. The second-order valence-electron chi connectivity index (χ2n) is 7.51. The first kappa shape index (κ1) is 26.6. The molecule has 0 rings (SSSR count). The minimum absolute atomic E-state index is 0.166. The van der Waals surface area contributed by atoms with Crippen molar-refractivity contribution < 1.29 is 19.8 Å². The van der Waals surface area contributed by atoms with E-state index in [2.05, 4.69) is 17.6 Å². The molecular formula is C22H42N2O4. The second-order valence-corrected chi connectivity index (χ2v) is 7.51. The zero-order valence-corrected chi connectivity index (χ0v) is 17.9. The lowest BCUT2D eigenvalue weighted by molar-refractivity contribution is -0.126. The molecule has 0 aromatic heterocycles. The Balaban J connectivity index is 3.70. The molecule has 2 unspecified atom stereocenters. The van der Waals surface area contributed by atoms with Gasteiger partial charge in [0, 0.05) is 6.92 Å². The Bertz CT molecular complexity index is 427. The monoisotopic (exact) mass is 398 g/mol. The highest BCUT2D eigenvalue weighted by Gasteiger charge is 2.18. The Morgan fingerprint density at radius 2 is 1.46 bits per heavy atom. The van der Waals surface area contributed by atoms with Gasteiger partial charge in [0.25, 0.3) is 0 Å². The number of carbonyl (C=O) groups is 2. The molecule has 0 aromatic carbocycles. The number of allylic oxidation sites excluding steroid dienone is 1. The van der Waals surface area contributed by atoms with Gasteiger partial charge in [0.15, 0.2) is 0 Å².